The van der Waals surface area contributed by atoms with Crippen LogP contribution in [-0.4, -0.2) is 5.24 Å². The highest BCUT2D eigenvalue weighted by molar-refractivity contribution is 9.10. The lowest BCUT2D eigenvalue weighted by Gasteiger charge is -2.02. The van der Waals surface area contributed by atoms with Gasteiger partial charge in [0, 0.05) is 4.47 Å². The Morgan fingerprint density at radius 1 is 1.58 bits per heavy atom. The number of halogens is 3. The van der Waals surface area contributed by atoms with Gasteiger partial charge in [0.1, 0.15) is 5.82 Å². The monoisotopic (exact) mass is 250 g/mol. The Morgan fingerprint density at radius 2 is 2.17 bits per heavy atom. The minimum Gasteiger partial charge on any atom is -0.276 e. The molecule has 0 unspecified atom stereocenters. The quantitative estimate of drug-likeness (QED) is 0.700. The Hall–Kier alpha value is -0.410. The number of hydrogen-bond donors (Lipinski definition) is 0. The molecule has 0 N–H and O–H groups in total. The van der Waals surface area contributed by atoms with Crippen molar-refractivity contribution in [2.75, 3.05) is 0 Å². The Labute approximate surface area is 82.7 Å². The van der Waals surface area contributed by atoms with Gasteiger partial charge in [-0.15, -0.1) is 0 Å². The van der Waals surface area contributed by atoms with E-state index in [2.05, 4.69) is 15.9 Å². The van der Waals surface area contributed by atoms with Crippen LogP contribution in [0.1, 0.15) is 15.9 Å². The van der Waals surface area contributed by atoms with Crippen molar-refractivity contribution in [3.05, 3.63) is 33.5 Å². The minimum absolute atomic E-state index is 0.161. The molecule has 1 nitrogen and oxygen atoms in total. The van der Waals surface area contributed by atoms with Crippen LogP contribution in [0.4, 0.5) is 4.39 Å². The summed E-state index contributed by atoms with van der Waals surface area (Å²) in [6.07, 6.45) is 0. The van der Waals surface area contributed by atoms with Crippen LogP contribution in [0, 0.1) is 12.7 Å². The maximum atomic E-state index is 12.7. The van der Waals surface area contributed by atoms with Crippen LogP contribution >= 0.6 is 27.5 Å². The van der Waals surface area contributed by atoms with Gasteiger partial charge in [-0.25, -0.2) is 4.39 Å². The fourth-order valence-corrected chi connectivity index (χ4v) is 1.54. The smallest absolute Gasteiger partial charge is 0.253 e. The summed E-state index contributed by atoms with van der Waals surface area (Å²) in [6.45, 7) is 1.69. The van der Waals surface area contributed by atoms with E-state index in [0.717, 1.165) is 6.07 Å². The molecule has 0 aliphatic rings. The van der Waals surface area contributed by atoms with Gasteiger partial charge < -0.3 is 0 Å². The zero-order valence-electron chi connectivity index (χ0n) is 6.20. The zero-order valence-corrected chi connectivity index (χ0v) is 8.54. The predicted molar refractivity (Wildman–Crippen MR) is 49.0 cm³/mol. The number of aryl methyl sites for hydroxylation is 1. The molecule has 4 heteroatoms. The van der Waals surface area contributed by atoms with Crippen LogP contribution < -0.4 is 0 Å². The summed E-state index contributed by atoms with van der Waals surface area (Å²) in [4.78, 5) is 10.7. The maximum Gasteiger partial charge on any atom is 0.253 e. The molecule has 1 rings (SSSR count). The second kappa shape index (κ2) is 3.54. The van der Waals surface area contributed by atoms with Gasteiger partial charge in [0.15, 0.2) is 0 Å². The number of hydrogen-bond acceptors (Lipinski definition) is 1. The highest BCUT2D eigenvalue weighted by atomic mass is 79.9. The molecule has 64 valence electrons. The largest absolute Gasteiger partial charge is 0.276 e. The van der Waals surface area contributed by atoms with Crippen molar-refractivity contribution in [2.45, 2.75) is 6.92 Å². The Morgan fingerprint density at radius 3 is 2.67 bits per heavy atom. The first kappa shape index (κ1) is 9.68. The normalized spacial score (nSPS) is 10.0. The number of carbonyl (C=O) groups excluding carboxylic acids is 1. The van der Waals surface area contributed by atoms with Gasteiger partial charge in [0.2, 0.25) is 0 Å². The third-order valence-corrected chi connectivity index (χ3v) is 2.69. The SMILES string of the molecule is Cc1cc(F)cc(C(=O)Cl)c1Br. The first-order valence-corrected chi connectivity index (χ1v) is 4.35. The van der Waals surface area contributed by atoms with Crippen molar-refractivity contribution < 1.29 is 9.18 Å². The molecule has 0 aromatic heterocycles. The lowest BCUT2D eigenvalue weighted by molar-refractivity contribution is 0.108. The summed E-state index contributed by atoms with van der Waals surface area (Å²) in [5, 5.41) is -0.663. The molecule has 0 amide bonds. The summed E-state index contributed by atoms with van der Waals surface area (Å²) < 4.78 is 13.3. The lowest BCUT2D eigenvalue weighted by atomic mass is 10.1. The molecule has 1 aromatic carbocycles. The minimum atomic E-state index is -0.663. The van der Waals surface area contributed by atoms with Crippen molar-refractivity contribution in [3.63, 3.8) is 0 Å². The molecule has 0 heterocycles. The van der Waals surface area contributed by atoms with Crippen molar-refractivity contribution in [1.82, 2.24) is 0 Å². The average molecular weight is 251 g/mol. The molecule has 0 radical (unpaired) electrons. The molecule has 0 saturated carbocycles. The molecular formula is C8H5BrClFO. The van der Waals surface area contributed by atoms with Crippen LogP contribution in [0.5, 0.6) is 0 Å². The molecule has 0 aliphatic carbocycles. The first-order chi connectivity index (χ1) is 5.52. The molecule has 12 heavy (non-hydrogen) atoms. The molecule has 0 spiro atoms. The number of rotatable bonds is 1. The molecule has 1 aromatic rings. The van der Waals surface area contributed by atoms with Crippen LogP contribution in [-0.2, 0) is 0 Å². The van der Waals surface area contributed by atoms with E-state index in [1.54, 1.807) is 6.92 Å². The van der Waals surface area contributed by atoms with Gasteiger partial charge in [0.25, 0.3) is 5.24 Å². The highest BCUT2D eigenvalue weighted by Gasteiger charge is 2.10. The molecule has 0 aliphatic heterocycles. The second-order valence-electron chi connectivity index (χ2n) is 2.36. The van der Waals surface area contributed by atoms with Gasteiger partial charge in [0.05, 0.1) is 5.56 Å². The topological polar surface area (TPSA) is 17.1 Å². The van der Waals surface area contributed by atoms with Gasteiger partial charge in [-0.2, -0.15) is 0 Å². The molecule has 0 fully saturated rings. The van der Waals surface area contributed by atoms with E-state index in [9.17, 15) is 9.18 Å². The van der Waals surface area contributed by atoms with Crippen LogP contribution in [0.3, 0.4) is 0 Å². The summed E-state index contributed by atoms with van der Waals surface area (Å²) in [7, 11) is 0. The maximum absolute atomic E-state index is 12.7. The van der Waals surface area contributed by atoms with Crippen molar-refractivity contribution >= 4 is 32.8 Å². The van der Waals surface area contributed by atoms with Gasteiger partial charge in [-0.05, 0) is 52.2 Å². The lowest BCUT2D eigenvalue weighted by Crippen LogP contribution is -1.94. The van der Waals surface area contributed by atoms with Gasteiger partial charge in [-0.1, -0.05) is 0 Å². The molecule has 0 bridgehead atoms. The zero-order chi connectivity index (χ0) is 9.30. The van der Waals surface area contributed by atoms with Crippen LogP contribution in [0.25, 0.3) is 0 Å². The summed E-state index contributed by atoms with van der Waals surface area (Å²) in [5.41, 5.74) is 0.813. The Bertz CT molecular complexity index is 338. The molecule has 0 saturated heterocycles. The first-order valence-electron chi connectivity index (χ1n) is 3.18. The second-order valence-corrected chi connectivity index (χ2v) is 3.49. The van der Waals surface area contributed by atoms with E-state index in [1.807, 2.05) is 0 Å². The average Bonchev–Trinajstić information content (AvgIpc) is 1.96. The van der Waals surface area contributed by atoms with Crippen molar-refractivity contribution in [2.24, 2.45) is 0 Å². The summed E-state index contributed by atoms with van der Waals surface area (Å²) >= 11 is 8.36. The summed E-state index contributed by atoms with van der Waals surface area (Å²) in [6, 6.07) is 2.43. The van der Waals surface area contributed by atoms with E-state index >= 15 is 0 Å². The third-order valence-electron chi connectivity index (χ3n) is 1.43. The summed E-state index contributed by atoms with van der Waals surface area (Å²) in [5.74, 6) is -0.459. The van der Waals surface area contributed by atoms with Crippen LogP contribution in [0.2, 0.25) is 0 Å². The van der Waals surface area contributed by atoms with E-state index in [0.29, 0.717) is 10.0 Å². The van der Waals surface area contributed by atoms with E-state index < -0.39 is 11.1 Å². The third kappa shape index (κ3) is 1.84. The number of carbonyl (C=O) groups is 1. The fourth-order valence-electron chi connectivity index (χ4n) is 0.869. The van der Waals surface area contributed by atoms with E-state index in [4.69, 9.17) is 11.6 Å². The standard InChI is InChI=1S/C8H5BrClFO/c1-4-2-5(11)3-6(7(4)9)8(10)12/h2-3H,1H3. The Balaban J connectivity index is 3.37. The van der Waals surface area contributed by atoms with Gasteiger partial charge >= 0.3 is 0 Å². The van der Waals surface area contributed by atoms with E-state index in [1.165, 1.54) is 6.07 Å². The van der Waals surface area contributed by atoms with Crippen molar-refractivity contribution in [1.29, 1.82) is 0 Å². The highest BCUT2D eigenvalue weighted by Crippen LogP contribution is 2.23. The van der Waals surface area contributed by atoms with E-state index in [-0.39, 0.29) is 5.56 Å². The molecule has 0 atom stereocenters. The Kier molecular flexibility index (Phi) is 2.85. The fraction of sp³-hybridized carbons (Fsp3) is 0.125. The predicted octanol–water partition coefficient (Wildman–Crippen LogP) is 3.28. The van der Waals surface area contributed by atoms with Crippen molar-refractivity contribution in [3.8, 4) is 0 Å². The van der Waals surface area contributed by atoms with Gasteiger partial charge in [-0.3, -0.25) is 4.79 Å². The molecular weight excluding hydrogens is 246 g/mol. The van der Waals surface area contributed by atoms with Crippen LogP contribution in [0.15, 0.2) is 16.6 Å². The number of benzene rings is 1.